The first-order valence-corrected chi connectivity index (χ1v) is 13.8. The molecule has 0 bridgehead atoms. The Labute approximate surface area is 218 Å². The quantitative estimate of drug-likeness (QED) is 0.242. The molecule has 0 spiro atoms. The molecule has 0 aromatic carbocycles. The van der Waals surface area contributed by atoms with Gasteiger partial charge in [-0.05, 0) is 80.4 Å². The molecule has 0 aliphatic rings. The van der Waals surface area contributed by atoms with E-state index in [9.17, 15) is 9.59 Å². The van der Waals surface area contributed by atoms with Crippen LogP contribution in [0.15, 0.2) is 0 Å². The van der Waals surface area contributed by atoms with Crippen LogP contribution in [0.4, 0.5) is 0 Å². The van der Waals surface area contributed by atoms with Crippen molar-refractivity contribution in [3.8, 4) is 0 Å². The molecule has 0 unspecified atom stereocenters. The van der Waals surface area contributed by atoms with E-state index in [2.05, 4.69) is 44.4 Å². The summed E-state index contributed by atoms with van der Waals surface area (Å²) in [5.74, 6) is -0.416. The highest BCUT2D eigenvalue weighted by atomic mass is 16.6. The number of carbonyl (C=O) groups excluding carboxylic acids is 2. The molecule has 0 radical (unpaired) electrons. The van der Waals surface area contributed by atoms with Gasteiger partial charge in [0.05, 0.1) is 13.1 Å². The van der Waals surface area contributed by atoms with Crippen LogP contribution in [0.2, 0.25) is 0 Å². The molecule has 0 fully saturated rings. The Hall–Kier alpha value is -1.18. The van der Waals surface area contributed by atoms with Crippen molar-refractivity contribution in [2.24, 2.45) is 5.73 Å². The van der Waals surface area contributed by atoms with E-state index < -0.39 is 11.2 Å². The van der Waals surface area contributed by atoms with Crippen molar-refractivity contribution >= 4 is 11.9 Å². The van der Waals surface area contributed by atoms with Gasteiger partial charge in [-0.25, -0.2) is 0 Å². The van der Waals surface area contributed by atoms with Crippen LogP contribution in [0.5, 0.6) is 0 Å². The fraction of sp³-hybridized carbons (Fsp3) is 0.929. The van der Waals surface area contributed by atoms with Crippen LogP contribution in [0, 0.1) is 0 Å². The third-order valence-electron chi connectivity index (χ3n) is 4.17. The van der Waals surface area contributed by atoms with E-state index in [1.807, 2.05) is 41.5 Å². The van der Waals surface area contributed by atoms with Gasteiger partial charge in [0, 0.05) is 13.1 Å². The molecule has 2 N–H and O–H groups in total. The molecule has 0 aliphatic heterocycles. The number of carbonyl (C=O) groups is 2. The number of rotatable bonds is 14. The summed E-state index contributed by atoms with van der Waals surface area (Å²) in [5, 5.41) is 0. The normalized spacial score (nSPS) is 11.4. The highest BCUT2D eigenvalue weighted by molar-refractivity contribution is 5.72. The molecule has 0 aliphatic carbocycles. The molecule has 0 aromatic heterocycles. The molecule has 0 heterocycles. The van der Waals surface area contributed by atoms with Crippen molar-refractivity contribution in [2.75, 3.05) is 45.8 Å². The van der Waals surface area contributed by atoms with E-state index in [4.69, 9.17) is 15.2 Å². The van der Waals surface area contributed by atoms with Gasteiger partial charge in [-0.2, -0.15) is 0 Å². The second kappa shape index (κ2) is 23.2. The van der Waals surface area contributed by atoms with Gasteiger partial charge in [-0.15, -0.1) is 0 Å². The Morgan fingerprint density at radius 1 is 0.629 bits per heavy atom. The van der Waals surface area contributed by atoms with E-state index >= 15 is 0 Å². The van der Waals surface area contributed by atoms with Crippen LogP contribution in [-0.4, -0.2) is 78.8 Å². The number of ether oxygens (including phenoxy) is 2. The Morgan fingerprint density at radius 2 is 0.971 bits per heavy atom. The van der Waals surface area contributed by atoms with E-state index in [1.165, 1.54) is 25.7 Å². The van der Waals surface area contributed by atoms with Gasteiger partial charge in [0.2, 0.25) is 0 Å². The highest BCUT2D eigenvalue weighted by Gasteiger charge is 2.21. The van der Waals surface area contributed by atoms with Crippen molar-refractivity contribution in [1.82, 2.24) is 9.80 Å². The summed E-state index contributed by atoms with van der Waals surface area (Å²) in [6.07, 6.45) is 6.93. The number of unbranched alkanes of at least 4 members (excludes halogenated alkanes) is 2. The van der Waals surface area contributed by atoms with E-state index in [1.54, 1.807) is 0 Å². The topological polar surface area (TPSA) is 85.1 Å². The summed E-state index contributed by atoms with van der Waals surface area (Å²) in [6.45, 7) is 26.3. The van der Waals surface area contributed by atoms with Crippen molar-refractivity contribution in [3.05, 3.63) is 0 Å². The molecule has 0 rings (SSSR count). The Balaban J connectivity index is -0.000000964. The van der Waals surface area contributed by atoms with Gasteiger partial charge < -0.3 is 15.2 Å². The predicted octanol–water partition coefficient (Wildman–Crippen LogP) is 5.65. The molecular formula is C28H61N3O4. The fourth-order valence-electron chi connectivity index (χ4n) is 2.96. The molecule has 0 atom stereocenters. The maximum Gasteiger partial charge on any atom is 0.320 e. The molecule has 7 heteroatoms. The average Bonchev–Trinajstić information content (AvgIpc) is 2.69. The SMILES string of the molecule is CCC.CCCCCN.CCCN(CCN(CCC)CC(=O)OC(C)(C)C)CC(=O)OC(C)(C)C. The molecule has 0 saturated carbocycles. The first kappa shape index (κ1) is 38.4. The lowest BCUT2D eigenvalue weighted by atomic mass is 10.2. The summed E-state index contributed by atoms with van der Waals surface area (Å²) < 4.78 is 10.8. The summed E-state index contributed by atoms with van der Waals surface area (Å²) in [6, 6.07) is 0. The standard InChI is InChI=1S/C20H40N2O4.C5H13N.C3H8/c1-9-11-21(15-17(23)25-19(3,4)5)13-14-22(12-10-2)16-18(24)26-20(6,7)8;1-2-3-4-5-6;1-3-2/h9-16H2,1-8H3;2-6H2,1H3;3H2,1-2H3. The Morgan fingerprint density at radius 3 is 1.17 bits per heavy atom. The van der Waals surface area contributed by atoms with Gasteiger partial charge in [0.15, 0.2) is 0 Å². The molecule has 0 saturated heterocycles. The summed E-state index contributed by atoms with van der Waals surface area (Å²) >= 11 is 0. The molecule has 0 amide bonds. The second-order valence-electron chi connectivity index (χ2n) is 10.9. The average molecular weight is 504 g/mol. The summed E-state index contributed by atoms with van der Waals surface area (Å²) in [5.41, 5.74) is 4.27. The van der Waals surface area contributed by atoms with Crippen molar-refractivity contribution in [3.63, 3.8) is 0 Å². The zero-order valence-electron chi connectivity index (χ0n) is 25.3. The minimum Gasteiger partial charge on any atom is -0.459 e. The molecule has 35 heavy (non-hydrogen) atoms. The second-order valence-corrected chi connectivity index (χ2v) is 10.9. The number of hydrogen-bond donors (Lipinski definition) is 1. The minimum atomic E-state index is -0.472. The van der Waals surface area contributed by atoms with Crippen LogP contribution in [-0.2, 0) is 19.1 Å². The lowest BCUT2D eigenvalue weighted by Crippen LogP contribution is -2.42. The number of nitrogens with two attached hydrogens (primary N) is 1. The number of esters is 2. The van der Waals surface area contributed by atoms with Crippen LogP contribution >= 0.6 is 0 Å². The molecular weight excluding hydrogens is 442 g/mol. The monoisotopic (exact) mass is 503 g/mol. The maximum absolute atomic E-state index is 12.1. The third-order valence-corrected chi connectivity index (χ3v) is 4.17. The van der Waals surface area contributed by atoms with Gasteiger partial charge in [0.25, 0.3) is 0 Å². The third kappa shape index (κ3) is 32.8. The highest BCUT2D eigenvalue weighted by Crippen LogP contribution is 2.09. The number of hydrogen-bond acceptors (Lipinski definition) is 7. The lowest BCUT2D eigenvalue weighted by Gasteiger charge is -2.28. The van der Waals surface area contributed by atoms with Gasteiger partial charge in [-0.3, -0.25) is 19.4 Å². The van der Waals surface area contributed by atoms with E-state index in [0.29, 0.717) is 0 Å². The van der Waals surface area contributed by atoms with Gasteiger partial charge in [0.1, 0.15) is 11.2 Å². The molecule has 7 nitrogen and oxygen atoms in total. The van der Waals surface area contributed by atoms with Gasteiger partial charge >= 0.3 is 11.9 Å². The van der Waals surface area contributed by atoms with Gasteiger partial charge in [-0.1, -0.05) is 53.9 Å². The number of nitrogens with zero attached hydrogens (tertiary/aromatic N) is 2. The van der Waals surface area contributed by atoms with Crippen LogP contribution in [0.25, 0.3) is 0 Å². The first-order chi connectivity index (χ1) is 16.2. The van der Waals surface area contributed by atoms with E-state index in [0.717, 1.165) is 45.6 Å². The van der Waals surface area contributed by atoms with Crippen molar-refractivity contribution in [2.45, 2.75) is 126 Å². The Kier molecular flexibility index (Phi) is 25.5. The molecule has 0 aromatic rings. The van der Waals surface area contributed by atoms with Crippen LogP contribution in [0.1, 0.15) is 115 Å². The van der Waals surface area contributed by atoms with Crippen molar-refractivity contribution in [1.29, 1.82) is 0 Å². The zero-order chi connectivity index (χ0) is 27.9. The minimum absolute atomic E-state index is 0.208. The predicted molar refractivity (Wildman–Crippen MR) is 150 cm³/mol. The zero-order valence-corrected chi connectivity index (χ0v) is 25.3. The first-order valence-electron chi connectivity index (χ1n) is 13.8. The van der Waals surface area contributed by atoms with Crippen LogP contribution < -0.4 is 5.73 Å². The smallest absolute Gasteiger partial charge is 0.320 e. The Bertz CT molecular complexity index is 455. The molecule has 212 valence electrons. The summed E-state index contributed by atoms with van der Waals surface area (Å²) in [7, 11) is 0. The summed E-state index contributed by atoms with van der Waals surface area (Å²) in [4.78, 5) is 28.4. The van der Waals surface area contributed by atoms with Crippen molar-refractivity contribution < 1.29 is 19.1 Å². The largest absolute Gasteiger partial charge is 0.459 e. The lowest BCUT2D eigenvalue weighted by molar-refractivity contribution is -0.158. The van der Waals surface area contributed by atoms with Crippen LogP contribution in [0.3, 0.4) is 0 Å². The van der Waals surface area contributed by atoms with E-state index in [-0.39, 0.29) is 25.0 Å². The maximum atomic E-state index is 12.1. The fourth-order valence-corrected chi connectivity index (χ4v) is 2.96.